The van der Waals surface area contributed by atoms with Gasteiger partial charge in [-0.3, -0.25) is 13.9 Å². The number of carbonyl (C=O) groups is 2. The number of nitrogens with zero attached hydrogens (tertiary/aromatic N) is 2. The molecule has 40 heavy (non-hydrogen) atoms. The lowest BCUT2D eigenvalue weighted by Crippen LogP contribution is -2.53. The van der Waals surface area contributed by atoms with E-state index in [1.807, 2.05) is 20.8 Å². The molecule has 0 unspecified atom stereocenters. The number of halogens is 1. The fraction of sp³-hybridized carbons (Fsp3) is 0.333. The highest BCUT2D eigenvalue weighted by Crippen LogP contribution is 2.27. The van der Waals surface area contributed by atoms with Crippen LogP contribution in [0.15, 0.2) is 83.8 Å². The monoisotopic (exact) mass is 585 g/mol. The Hall–Kier alpha value is -3.56. The van der Waals surface area contributed by atoms with Gasteiger partial charge in [0.15, 0.2) is 0 Å². The van der Waals surface area contributed by atoms with Gasteiger partial charge < -0.3 is 15.0 Å². The molecule has 0 radical (unpaired) electrons. The minimum Gasteiger partial charge on any atom is -0.497 e. The third kappa shape index (κ3) is 7.55. The summed E-state index contributed by atoms with van der Waals surface area (Å²) in [6, 6.07) is 20.5. The molecule has 0 heterocycles. The number of methoxy groups -OCH3 is 1. The van der Waals surface area contributed by atoms with Gasteiger partial charge in [0, 0.05) is 17.6 Å². The first-order valence-corrected chi connectivity index (χ1v) is 15.0. The second-order valence-electron chi connectivity index (χ2n) is 9.38. The highest BCUT2D eigenvalue weighted by atomic mass is 35.5. The number of hydrogen-bond acceptors (Lipinski definition) is 5. The number of sulfonamides is 1. The van der Waals surface area contributed by atoms with E-state index in [0.717, 1.165) is 10.7 Å². The molecule has 0 aliphatic rings. The Morgan fingerprint density at radius 3 is 2.12 bits per heavy atom. The SMILES string of the molecule is CC[C@H](C)NC(=O)[C@H](CC)N(Cc1ccccc1Cl)C(=O)CN(c1ccc(OC)cc1)S(=O)(=O)c1ccccc1. The van der Waals surface area contributed by atoms with E-state index in [1.165, 1.54) is 24.1 Å². The van der Waals surface area contributed by atoms with Crippen LogP contribution in [0.2, 0.25) is 5.02 Å². The van der Waals surface area contributed by atoms with Gasteiger partial charge in [-0.1, -0.05) is 61.8 Å². The molecule has 2 amide bonds. The molecule has 8 nitrogen and oxygen atoms in total. The minimum absolute atomic E-state index is 0.0345. The molecule has 1 N–H and O–H groups in total. The molecule has 0 bridgehead atoms. The molecule has 0 aliphatic carbocycles. The van der Waals surface area contributed by atoms with Crippen molar-refractivity contribution < 1.29 is 22.7 Å². The molecule has 0 saturated heterocycles. The van der Waals surface area contributed by atoms with Crippen LogP contribution < -0.4 is 14.4 Å². The largest absolute Gasteiger partial charge is 0.497 e. The standard InChI is InChI=1S/C30H36ClN3O5S/c1-5-22(3)32-30(36)28(6-2)33(20-23-12-10-11-15-27(23)31)29(35)21-34(24-16-18-25(39-4)19-17-24)40(37,38)26-13-8-7-9-14-26/h7-19,22,28H,5-6,20-21H2,1-4H3,(H,32,36)/t22-,28-/m0/s1. The number of benzene rings is 3. The maximum absolute atomic E-state index is 14.1. The number of amides is 2. The van der Waals surface area contributed by atoms with Crippen molar-refractivity contribution in [1.82, 2.24) is 10.2 Å². The molecule has 0 aromatic heterocycles. The van der Waals surface area contributed by atoms with E-state index >= 15 is 0 Å². The topological polar surface area (TPSA) is 96.0 Å². The van der Waals surface area contributed by atoms with Gasteiger partial charge in [-0.05, 0) is 67.8 Å². The predicted octanol–water partition coefficient (Wildman–Crippen LogP) is 5.27. The second kappa shape index (κ2) is 14.2. The first-order valence-electron chi connectivity index (χ1n) is 13.2. The van der Waals surface area contributed by atoms with Crippen LogP contribution in [0.25, 0.3) is 0 Å². The fourth-order valence-electron chi connectivity index (χ4n) is 4.17. The summed E-state index contributed by atoms with van der Waals surface area (Å²) in [5, 5.41) is 3.40. The number of ether oxygens (including phenoxy) is 1. The van der Waals surface area contributed by atoms with Crippen LogP contribution in [0.5, 0.6) is 5.75 Å². The minimum atomic E-state index is -4.14. The Labute approximate surface area is 241 Å². The fourth-order valence-corrected chi connectivity index (χ4v) is 5.80. The number of nitrogens with one attached hydrogen (secondary N) is 1. The molecular weight excluding hydrogens is 550 g/mol. The van der Waals surface area contributed by atoms with Gasteiger partial charge in [-0.2, -0.15) is 0 Å². The van der Waals surface area contributed by atoms with Gasteiger partial charge in [0.05, 0.1) is 17.7 Å². The lowest BCUT2D eigenvalue weighted by Gasteiger charge is -2.34. The molecule has 0 spiro atoms. The van der Waals surface area contributed by atoms with Gasteiger partial charge >= 0.3 is 0 Å². The average molecular weight is 586 g/mol. The maximum Gasteiger partial charge on any atom is 0.264 e. The summed E-state index contributed by atoms with van der Waals surface area (Å²) < 4.78 is 34.0. The lowest BCUT2D eigenvalue weighted by molar-refractivity contribution is -0.140. The van der Waals surface area contributed by atoms with Crippen LogP contribution in [0, 0.1) is 0 Å². The summed E-state index contributed by atoms with van der Waals surface area (Å²) in [6.07, 6.45) is 1.05. The molecule has 3 aromatic carbocycles. The first-order chi connectivity index (χ1) is 19.1. The number of anilines is 1. The zero-order valence-corrected chi connectivity index (χ0v) is 24.8. The van der Waals surface area contributed by atoms with Crippen LogP contribution in [0.1, 0.15) is 39.2 Å². The van der Waals surface area contributed by atoms with Crippen LogP contribution in [-0.4, -0.2) is 50.9 Å². The zero-order valence-electron chi connectivity index (χ0n) is 23.2. The predicted molar refractivity (Wildman–Crippen MR) is 158 cm³/mol. The van der Waals surface area contributed by atoms with Crippen LogP contribution in [-0.2, 0) is 26.2 Å². The number of hydrogen-bond donors (Lipinski definition) is 1. The molecule has 2 atom stereocenters. The number of carbonyl (C=O) groups excluding carboxylic acids is 2. The normalized spacial score (nSPS) is 12.7. The lowest BCUT2D eigenvalue weighted by atomic mass is 10.1. The van der Waals surface area contributed by atoms with E-state index < -0.39 is 28.5 Å². The van der Waals surface area contributed by atoms with Crippen LogP contribution in [0.4, 0.5) is 5.69 Å². The van der Waals surface area contributed by atoms with Crippen molar-refractivity contribution in [2.75, 3.05) is 18.0 Å². The highest BCUT2D eigenvalue weighted by molar-refractivity contribution is 7.92. The molecule has 0 saturated carbocycles. The van der Waals surface area contributed by atoms with Crippen molar-refractivity contribution in [2.45, 2.75) is 57.1 Å². The Morgan fingerprint density at radius 1 is 0.925 bits per heavy atom. The average Bonchev–Trinajstić information content (AvgIpc) is 2.97. The summed E-state index contributed by atoms with van der Waals surface area (Å²) in [4.78, 5) is 28.9. The summed E-state index contributed by atoms with van der Waals surface area (Å²) in [6.45, 7) is 5.17. The second-order valence-corrected chi connectivity index (χ2v) is 11.6. The van der Waals surface area contributed by atoms with Crippen molar-refractivity contribution in [3.8, 4) is 5.75 Å². The highest BCUT2D eigenvalue weighted by Gasteiger charge is 2.34. The van der Waals surface area contributed by atoms with Crippen molar-refractivity contribution in [3.63, 3.8) is 0 Å². The Balaban J connectivity index is 2.06. The molecule has 0 fully saturated rings. The van der Waals surface area contributed by atoms with Gasteiger partial charge in [0.1, 0.15) is 18.3 Å². The summed E-state index contributed by atoms with van der Waals surface area (Å²) in [7, 11) is -2.63. The zero-order chi connectivity index (χ0) is 29.3. The third-order valence-corrected chi connectivity index (χ3v) is 8.81. The van der Waals surface area contributed by atoms with Crippen molar-refractivity contribution >= 4 is 39.1 Å². The van der Waals surface area contributed by atoms with Gasteiger partial charge in [0.25, 0.3) is 10.0 Å². The number of rotatable bonds is 13. The molecule has 10 heteroatoms. The van der Waals surface area contributed by atoms with Gasteiger partial charge in [-0.25, -0.2) is 8.42 Å². The van der Waals surface area contributed by atoms with E-state index in [0.29, 0.717) is 22.8 Å². The van der Waals surface area contributed by atoms with E-state index in [-0.39, 0.29) is 29.1 Å². The Morgan fingerprint density at radius 2 is 1.55 bits per heavy atom. The van der Waals surface area contributed by atoms with Gasteiger partial charge in [-0.15, -0.1) is 0 Å². The molecule has 214 valence electrons. The quantitative estimate of drug-likeness (QED) is 0.295. The van der Waals surface area contributed by atoms with Crippen molar-refractivity contribution in [1.29, 1.82) is 0 Å². The van der Waals surface area contributed by atoms with E-state index in [2.05, 4.69) is 5.32 Å². The Kier molecular flexibility index (Phi) is 11.0. The van der Waals surface area contributed by atoms with E-state index in [1.54, 1.807) is 66.7 Å². The van der Waals surface area contributed by atoms with Gasteiger partial charge in [0.2, 0.25) is 11.8 Å². The van der Waals surface area contributed by atoms with Crippen molar-refractivity contribution in [2.24, 2.45) is 0 Å². The van der Waals surface area contributed by atoms with Crippen molar-refractivity contribution in [3.05, 3.63) is 89.4 Å². The molecule has 3 rings (SSSR count). The molecular formula is C30H36ClN3O5S. The summed E-state index contributed by atoms with van der Waals surface area (Å²) >= 11 is 6.43. The summed E-state index contributed by atoms with van der Waals surface area (Å²) in [5.41, 5.74) is 0.932. The first kappa shape index (κ1) is 31.0. The maximum atomic E-state index is 14.1. The van der Waals surface area contributed by atoms with E-state index in [9.17, 15) is 18.0 Å². The molecule has 0 aliphatic heterocycles. The van der Waals surface area contributed by atoms with E-state index in [4.69, 9.17) is 16.3 Å². The third-order valence-electron chi connectivity index (χ3n) is 6.66. The molecule has 3 aromatic rings. The smallest absolute Gasteiger partial charge is 0.264 e. The Bertz CT molecular complexity index is 1380. The van der Waals surface area contributed by atoms with Crippen LogP contribution >= 0.6 is 11.6 Å². The summed E-state index contributed by atoms with van der Waals surface area (Å²) in [5.74, 6) is -0.305. The van der Waals surface area contributed by atoms with Crippen LogP contribution in [0.3, 0.4) is 0 Å².